The van der Waals surface area contributed by atoms with Gasteiger partial charge in [-0.1, -0.05) is 39.7 Å². The third kappa shape index (κ3) is 6.97. The normalized spacial score (nSPS) is 32.5. The third-order valence-electron chi connectivity index (χ3n) is 11.8. The summed E-state index contributed by atoms with van der Waals surface area (Å²) in [4.78, 5) is 61.2. The summed E-state index contributed by atoms with van der Waals surface area (Å²) in [6, 6.07) is 3.59. The van der Waals surface area contributed by atoms with Gasteiger partial charge in [0.15, 0.2) is 0 Å². The Morgan fingerprint density at radius 3 is 2.55 bits per heavy atom. The summed E-state index contributed by atoms with van der Waals surface area (Å²) >= 11 is 0. The van der Waals surface area contributed by atoms with Gasteiger partial charge >= 0.3 is 19.2 Å². The van der Waals surface area contributed by atoms with Crippen molar-refractivity contribution in [3.8, 4) is 6.01 Å². The number of hydrogen-bond donors (Lipinski definition) is 1. The number of alkyl carbamates (subject to hydrolysis) is 1. The van der Waals surface area contributed by atoms with Gasteiger partial charge in [0.1, 0.15) is 24.3 Å². The Bertz CT molecular complexity index is 1760. The van der Waals surface area contributed by atoms with Crippen molar-refractivity contribution in [2.24, 2.45) is 23.2 Å². The van der Waals surface area contributed by atoms with Gasteiger partial charge in [-0.15, -0.1) is 0 Å². The van der Waals surface area contributed by atoms with Gasteiger partial charge < -0.3 is 33.7 Å². The SMILES string of the molecule is COC(=O)C1CC2CN1C(=O)C(C(C)(C)C)NC(=O)OC1CC3CC3C1CCCCCn1c(nc3cc(B4OC(C)C(C)(C)O4)ccc3c1=O)O2. The molecule has 1 aromatic carbocycles. The van der Waals surface area contributed by atoms with Crippen molar-refractivity contribution in [2.75, 3.05) is 13.7 Å². The molecular formula is C37H51BN4O9. The van der Waals surface area contributed by atoms with Crippen LogP contribution < -0.4 is 21.1 Å². The molecule has 51 heavy (non-hydrogen) atoms. The monoisotopic (exact) mass is 706 g/mol. The fourth-order valence-electron chi connectivity index (χ4n) is 8.46. The van der Waals surface area contributed by atoms with Gasteiger partial charge in [0.25, 0.3) is 11.6 Å². The van der Waals surface area contributed by atoms with Crippen LogP contribution in [0.15, 0.2) is 23.0 Å². The molecule has 13 nitrogen and oxygen atoms in total. The van der Waals surface area contributed by atoms with Crippen LogP contribution in [0.25, 0.3) is 10.9 Å². The van der Waals surface area contributed by atoms with Crippen molar-refractivity contribution in [3.63, 3.8) is 0 Å². The summed E-state index contributed by atoms with van der Waals surface area (Å²) in [5, 5.41) is 3.32. The average molecular weight is 707 g/mol. The molecule has 2 saturated carbocycles. The molecule has 2 amide bonds. The van der Waals surface area contributed by atoms with Crippen molar-refractivity contribution in [1.82, 2.24) is 19.8 Å². The molecule has 1 aromatic heterocycles. The summed E-state index contributed by atoms with van der Waals surface area (Å²) in [7, 11) is 0.668. The van der Waals surface area contributed by atoms with E-state index in [9.17, 15) is 19.2 Å². The second-order valence-electron chi connectivity index (χ2n) is 16.8. The lowest BCUT2D eigenvalue weighted by molar-refractivity contribution is -0.152. The van der Waals surface area contributed by atoms with Gasteiger partial charge in [0.05, 0.1) is 36.3 Å². The Morgan fingerprint density at radius 1 is 1.06 bits per heavy atom. The number of carbonyl (C=O) groups excluding carboxylic acids is 3. The lowest BCUT2D eigenvalue weighted by atomic mass is 9.79. The van der Waals surface area contributed by atoms with Crippen molar-refractivity contribution in [3.05, 3.63) is 28.6 Å². The zero-order valence-corrected chi connectivity index (χ0v) is 30.8. The molecule has 14 heteroatoms. The van der Waals surface area contributed by atoms with Gasteiger partial charge in [0, 0.05) is 13.0 Å². The smallest absolute Gasteiger partial charge is 0.467 e. The van der Waals surface area contributed by atoms with Gasteiger partial charge in [-0.3, -0.25) is 14.2 Å². The number of aromatic nitrogens is 2. The number of ether oxygens (including phenoxy) is 3. The van der Waals surface area contributed by atoms with E-state index in [0.29, 0.717) is 29.3 Å². The van der Waals surface area contributed by atoms with Crippen LogP contribution in [0.2, 0.25) is 0 Å². The highest BCUT2D eigenvalue weighted by molar-refractivity contribution is 6.62. The van der Waals surface area contributed by atoms with E-state index in [1.807, 2.05) is 47.6 Å². The largest absolute Gasteiger partial charge is 0.494 e. The first-order valence-electron chi connectivity index (χ1n) is 18.5. The number of methoxy groups -OCH3 is 1. The van der Waals surface area contributed by atoms with Crippen LogP contribution in [-0.4, -0.2) is 89.2 Å². The molecule has 4 fully saturated rings. The number of hydrogen-bond acceptors (Lipinski definition) is 10. The summed E-state index contributed by atoms with van der Waals surface area (Å²) in [6.45, 7) is 11.9. The minimum Gasteiger partial charge on any atom is -0.467 e. The first-order valence-corrected chi connectivity index (χ1v) is 18.5. The minimum atomic E-state index is -0.979. The van der Waals surface area contributed by atoms with Crippen molar-refractivity contribution < 1.29 is 37.9 Å². The molecule has 276 valence electrons. The highest BCUT2D eigenvalue weighted by Crippen LogP contribution is 2.57. The molecule has 5 aliphatic rings. The van der Waals surface area contributed by atoms with Crippen molar-refractivity contribution >= 4 is 41.5 Å². The second kappa shape index (κ2) is 13.4. The van der Waals surface area contributed by atoms with E-state index in [0.717, 1.165) is 44.0 Å². The number of benzene rings is 1. The zero-order chi connectivity index (χ0) is 36.4. The van der Waals surface area contributed by atoms with Crippen molar-refractivity contribution in [2.45, 2.75) is 129 Å². The van der Waals surface area contributed by atoms with Gasteiger partial charge in [-0.05, 0) is 87.2 Å². The van der Waals surface area contributed by atoms with Gasteiger partial charge in [0.2, 0.25) is 5.91 Å². The molecule has 2 bridgehead atoms. The Hall–Kier alpha value is -3.65. The average Bonchev–Trinajstić information content (AvgIpc) is 3.41. The first-order chi connectivity index (χ1) is 24.1. The molecule has 2 aromatic rings. The summed E-state index contributed by atoms with van der Waals surface area (Å²) in [6.07, 6.45) is 3.95. The number of amides is 2. The van der Waals surface area contributed by atoms with E-state index in [4.69, 9.17) is 28.5 Å². The number of nitrogens with zero attached hydrogens (tertiary/aromatic N) is 3. The molecule has 7 rings (SSSR count). The molecule has 2 saturated heterocycles. The Morgan fingerprint density at radius 2 is 1.84 bits per heavy atom. The van der Waals surface area contributed by atoms with Crippen LogP contribution in [0.4, 0.5) is 4.79 Å². The molecule has 0 radical (unpaired) electrons. The molecule has 2 aliphatic carbocycles. The molecule has 8 atom stereocenters. The van der Waals surface area contributed by atoms with Crippen molar-refractivity contribution in [1.29, 1.82) is 0 Å². The lowest BCUT2D eigenvalue weighted by Crippen LogP contribution is -2.57. The van der Waals surface area contributed by atoms with Crippen LogP contribution in [0.5, 0.6) is 6.01 Å². The Labute approximate surface area is 299 Å². The molecule has 8 unspecified atom stereocenters. The third-order valence-corrected chi connectivity index (χ3v) is 11.8. The Kier molecular flexibility index (Phi) is 9.39. The van der Waals surface area contributed by atoms with E-state index in [1.54, 1.807) is 16.7 Å². The highest BCUT2D eigenvalue weighted by atomic mass is 16.7. The van der Waals surface area contributed by atoms with E-state index in [2.05, 4.69) is 5.32 Å². The summed E-state index contributed by atoms with van der Waals surface area (Å²) in [5.74, 6) is 0.377. The fraction of sp³-hybridized carbons (Fsp3) is 0.703. The predicted octanol–water partition coefficient (Wildman–Crippen LogP) is 3.57. The van der Waals surface area contributed by atoms with Crippen LogP contribution >= 0.6 is 0 Å². The van der Waals surface area contributed by atoms with Crippen LogP contribution in [0.1, 0.15) is 86.5 Å². The van der Waals surface area contributed by atoms with E-state index >= 15 is 0 Å². The molecule has 1 N–H and O–H groups in total. The standard InChI is InChI=1S/C37H51BN4O9/c1-20-37(5,6)51-38(50-20)22-12-13-25-27(17-22)39-34-41(31(25)43)14-10-8-9-11-24-26-15-21(26)16-29(24)49-35(46)40-30(36(2,3)4)32(44)42-19-23(48-34)18-28(42)33(45)47-7/h12-13,17,20-21,23-24,26,28-30H,8-11,14-16,18-19H2,1-7H3,(H,40,46). The number of fused-ring (bicyclic) bond motifs is 7. The quantitative estimate of drug-likeness (QED) is 0.363. The van der Waals surface area contributed by atoms with Crippen LogP contribution in [0, 0.1) is 23.2 Å². The summed E-state index contributed by atoms with van der Waals surface area (Å²) < 4.78 is 31.5. The van der Waals surface area contributed by atoms with E-state index in [-0.39, 0.29) is 42.7 Å². The maximum Gasteiger partial charge on any atom is 0.494 e. The first kappa shape index (κ1) is 35.7. The highest BCUT2D eigenvalue weighted by Gasteiger charge is 2.55. The molecule has 3 aliphatic heterocycles. The number of rotatable bonds is 2. The maximum atomic E-state index is 14.3. The predicted molar refractivity (Wildman–Crippen MR) is 188 cm³/mol. The second-order valence-corrected chi connectivity index (χ2v) is 16.8. The maximum absolute atomic E-state index is 14.3. The lowest BCUT2D eigenvalue weighted by Gasteiger charge is -2.35. The summed E-state index contributed by atoms with van der Waals surface area (Å²) in [5.41, 5.74) is -0.234. The van der Waals surface area contributed by atoms with Gasteiger partial charge in [-0.25, -0.2) is 9.59 Å². The topological polar surface area (TPSA) is 148 Å². The van der Waals surface area contributed by atoms with Crippen LogP contribution in [0.3, 0.4) is 0 Å². The van der Waals surface area contributed by atoms with E-state index in [1.165, 1.54) is 12.0 Å². The number of carbonyl (C=O) groups is 3. The number of esters is 1. The zero-order valence-electron chi connectivity index (χ0n) is 30.8. The fourth-order valence-corrected chi connectivity index (χ4v) is 8.46. The Balaban J connectivity index is 1.24. The minimum absolute atomic E-state index is 0.0284. The molecular weight excluding hydrogens is 655 g/mol. The van der Waals surface area contributed by atoms with Crippen LogP contribution in [-0.2, 0) is 34.9 Å². The van der Waals surface area contributed by atoms with E-state index < -0.39 is 54.3 Å². The van der Waals surface area contributed by atoms with Gasteiger partial charge in [-0.2, -0.15) is 4.98 Å². The molecule has 4 heterocycles. The number of nitrogens with one attached hydrogen (secondary N) is 1. The molecule has 0 spiro atoms.